The Labute approximate surface area is 207 Å². The molecule has 0 N–H and O–H groups in total. The van der Waals surface area contributed by atoms with Crippen molar-refractivity contribution < 1.29 is 19.0 Å². The van der Waals surface area contributed by atoms with Crippen LogP contribution in [-0.4, -0.2) is 39.3 Å². The number of carbonyl (C=O) groups excluding carboxylic acids is 1. The van der Waals surface area contributed by atoms with Gasteiger partial charge in [0.15, 0.2) is 11.5 Å². The Kier molecular flexibility index (Phi) is 6.75. The van der Waals surface area contributed by atoms with Gasteiger partial charge in [0.2, 0.25) is 0 Å². The Hall–Kier alpha value is -3.58. The van der Waals surface area contributed by atoms with Crippen LogP contribution in [0, 0.1) is 6.92 Å². The summed E-state index contributed by atoms with van der Waals surface area (Å²) in [5, 5.41) is 1.76. The van der Waals surface area contributed by atoms with E-state index in [2.05, 4.69) is 20.9 Å². The Morgan fingerprint density at radius 3 is 2.35 bits per heavy atom. The lowest BCUT2D eigenvalue weighted by atomic mass is 9.96. The van der Waals surface area contributed by atoms with Crippen LogP contribution < -0.4 is 19.1 Å². The van der Waals surface area contributed by atoms with Crippen molar-refractivity contribution in [2.24, 2.45) is 0 Å². The number of hydrogen-bond acceptors (Lipinski definition) is 5. The molecule has 0 fully saturated rings. The third-order valence-corrected chi connectivity index (χ3v) is 6.50. The number of rotatable bonds is 6. The minimum Gasteiger partial charge on any atom is -0.496 e. The van der Waals surface area contributed by atoms with Crippen LogP contribution in [0.2, 0.25) is 0 Å². The molecule has 0 bridgehead atoms. The van der Waals surface area contributed by atoms with Crippen LogP contribution in [0.3, 0.4) is 0 Å². The number of nitrogens with zero attached hydrogens (tertiary/aromatic N) is 2. The van der Waals surface area contributed by atoms with E-state index in [1.54, 1.807) is 45.7 Å². The van der Waals surface area contributed by atoms with E-state index in [-0.39, 0.29) is 5.91 Å². The summed E-state index contributed by atoms with van der Waals surface area (Å²) < 4.78 is 17.7. The number of aryl methyl sites for hydroxylation is 1. The number of anilines is 1. The molecule has 3 aromatic carbocycles. The highest BCUT2D eigenvalue weighted by molar-refractivity contribution is 9.10. The number of halogens is 1. The van der Waals surface area contributed by atoms with Crippen LogP contribution in [0.5, 0.6) is 17.2 Å². The zero-order valence-electron chi connectivity index (χ0n) is 19.7. The van der Waals surface area contributed by atoms with Gasteiger partial charge < -0.3 is 19.1 Å². The minimum atomic E-state index is -0.197. The molecule has 0 atom stereocenters. The Morgan fingerprint density at radius 1 is 0.941 bits per heavy atom. The molecule has 0 spiro atoms. The predicted molar refractivity (Wildman–Crippen MR) is 138 cm³/mol. The van der Waals surface area contributed by atoms with E-state index < -0.39 is 0 Å². The molecule has 0 aliphatic rings. The third-order valence-electron chi connectivity index (χ3n) is 5.84. The van der Waals surface area contributed by atoms with Gasteiger partial charge >= 0.3 is 0 Å². The van der Waals surface area contributed by atoms with Crippen molar-refractivity contribution in [3.63, 3.8) is 0 Å². The molecule has 1 aromatic heterocycles. The topological polar surface area (TPSA) is 60.9 Å². The molecule has 0 aliphatic carbocycles. The summed E-state index contributed by atoms with van der Waals surface area (Å²) in [6.45, 7) is 1.91. The third kappa shape index (κ3) is 3.96. The lowest BCUT2D eigenvalue weighted by Gasteiger charge is -2.24. The summed E-state index contributed by atoms with van der Waals surface area (Å²) >= 11 is 3.53. The normalized spacial score (nSPS) is 10.8. The van der Waals surface area contributed by atoms with E-state index in [9.17, 15) is 4.79 Å². The van der Waals surface area contributed by atoms with E-state index in [1.165, 1.54) is 0 Å². The number of amides is 1. The Bertz CT molecular complexity index is 1370. The molecule has 34 heavy (non-hydrogen) atoms. The molecule has 1 heterocycles. The number of carbonyl (C=O) groups is 1. The number of pyridine rings is 1. The maximum atomic E-state index is 13.7. The Balaban J connectivity index is 1.97. The van der Waals surface area contributed by atoms with Gasteiger partial charge in [-0.25, -0.2) is 0 Å². The molecule has 0 unspecified atom stereocenters. The zero-order chi connectivity index (χ0) is 24.4. The van der Waals surface area contributed by atoms with Gasteiger partial charge in [0.05, 0.1) is 32.6 Å². The van der Waals surface area contributed by atoms with Crippen LogP contribution in [0.15, 0.2) is 65.4 Å². The first-order valence-corrected chi connectivity index (χ1v) is 11.4. The molecular formula is C27H25BrN2O4. The quantitative estimate of drug-likeness (QED) is 0.299. The second-order valence-electron chi connectivity index (χ2n) is 7.74. The van der Waals surface area contributed by atoms with Gasteiger partial charge in [-0.05, 0) is 58.1 Å². The van der Waals surface area contributed by atoms with Crippen LogP contribution in [-0.2, 0) is 0 Å². The maximum absolute atomic E-state index is 13.7. The van der Waals surface area contributed by atoms with Crippen molar-refractivity contribution in [3.05, 3.63) is 76.5 Å². The second kappa shape index (κ2) is 9.73. The fraction of sp³-hybridized carbons (Fsp3) is 0.185. The van der Waals surface area contributed by atoms with Gasteiger partial charge in [-0.3, -0.25) is 9.78 Å². The molecule has 6 nitrogen and oxygen atoms in total. The van der Waals surface area contributed by atoms with E-state index in [0.29, 0.717) is 27.3 Å². The van der Waals surface area contributed by atoms with Gasteiger partial charge in [-0.1, -0.05) is 24.3 Å². The molecular weight excluding hydrogens is 496 g/mol. The van der Waals surface area contributed by atoms with Crippen molar-refractivity contribution in [2.75, 3.05) is 33.3 Å². The molecule has 4 rings (SSSR count). The average Bonchev–Trinajstić information content (AvgIpc) is 2.87. The van der Waals surface area contributed by atoms with Crippen LogP contribution >= 0.6 is 15.9 Å². The lowest BCUT2D eigenvalue weighted by Crippen LogP contribution is -2.27. The predicted octanol–water partition coefficient (Wildman–Crippen LogP) is 6.28. The van der Waals surface area contributed by atoms with Crippen LogP contribution in [0.25, 0.3) is 21.9 Å². The summed E-state index contributed by atoms with van der Waals surface area (Å²) in [4.78, 5) is 19.6. The fourth-order valence-corrected chi connectivity index (χ4v) is 4.69. The summed E-state index contributed by atoms with van der Waals surface area (Å²) in [5.41, 5.74) is 3.81. The number of hydrogen-bond donors (Lipinski definition) is 0. The van der Waals surface area contributed by atoms with E-state index in [4.69, 9.17) is 14.2 Å². The molecule has 0 saturated heterocycles. The number of benzene rings is 3. The van der Waals surface area contributed by atoms with Crippen molar-refractivity contribution in [3.8, 4) is 28.4 Å². The zero-order valence-corrected chi connectivity index (χ0v) is 21.3. The monoisotopic (exact) mass is 520 g/mol. The van der Waals surface area contributed by atoms with E-state index in [1.807, 2.05) is 55.5 Å². The first kappa shape index (κ1) is 23.6. The SMILES string of the molecule is COc1cc2c(N(C)C(=O)c3c(Br)ccc(C)c3OC)cccc2c(-c2cccnc2)c1OC. The summed E-state index contributed by atoms with van der Waals surface area (Å²) in [6.07, 6.45) is 3.51. The van der Waals surface area contributed by atoms with Crippen LogP contribution in [0.1, 0.15) is 15.9 Å². The largest absolute Gasteiger partial charge is 0.496 e. The van der Waals surface area contributed by atoms with Crippen molar-refractivity contribution in [1.29, 1.82) is 0 Å². The number of methoxy groups -OCH3 is 3. The smallest absolute Gasteiger partial charge is 0.262 e. The molecule has 174 valence electrons. The standard InChI is InChI=1S/C27H25BrN2O4/c1-16-11-12-20(28)24(25(16)33-4)27(31)30(2)21-10-6-9-18-19(21)14-22(32-3)26(34-5)23(18)17-8-7-13-29-15-17/h6-15H,1-5H3. The molecule has 1 amide bonds. The van der Waals surface area contributed by atoms with Gasteiger partial charge in [0.1, 0.15) is 5.75 Å². The van der Waals surface area contributed by atoms with Gasteiger partial charge in [0.25, 0.3) is 5.91 Å². The molecule has 4 aromatic rings. The molecule has 7 heteroatoms. The van der Waals surface area contributed by atoms with E-state index >= 15 is 0 Å². The van der Waals surface area contributed by atoms with Crippen molar-refractivity contribution in [2.45, 2.75) is 6.92 Å². The second-order valence-corrected chi connectivity index (χ2v) is 8.59. The van der Waals surface area contributed by atoms with Crippen molar-refractivity contribution >= 4 is 38.3 Å². The van der Waals surface area contributed by atoms with Crippen molar-refractivity contribution in [1.82, 2.24) is 4.98 Å². The maximum Gasteiger partial charge on any atom is 0.262 e. The molecule has 0 radical (unpaired) electrons. The highest BCUT2D eigenvalue weighted by Crippen LogP contribution is 2.46. The van der Waals surface area contributed by atoms with Gasteiger partial charge in [0, 0.05) is 40.4 Å². The number of fused-ring (bicyclic) bond motifs is 1. The highest BCUT2D eigenvalue weighted by Gasteiger charge is 2.25. The number of aromatic nitrogens is 1. The molecule has 0 aliphatic heterocycles. The minimum absolute atomic E-state index is 0.197. The first-order valence-electron chi connectivity index (χ1n) is 10.6. The molecule has 0 saturated carbocycles. The summed E-state index contributed by atoms with van der Waals surface area (Å²) in [6, 6.07) is 15.4. The fourth-order valence-electron chi connectivity index (χ4n) is 4.21. The number of ether oxygens (including phenoxy) is 3. The van der Waals surface area contributed by atoms with E-state index in [0.717, 1.165) is 33.2 Å². The average molecular weight is 521 g/mol. The Morgan fingerprint density at radius 2 is 1.71 bits per heavy atom. The first-order chi connectivity index (χ1) is 16.4. The van der Waals surface area contributed by atoms with Gasteiger partial charge in [-0.15, -0.1) is 0 Å². The summed E-state index contributed by atoms with van der Waals surface area (Å²) in [5.74, 6) is 1.52. The highest BCUT2D eigenvalue weighted by atomic mass is 79.9. The summed E-state index contributed by atoms with van der Waals surface area (Å²) in [7, 11) is 6.54. The van der Waals surface area contributed by atoms with Crippen LogP contribution in [0.4, 0.5) is 5.69 Å². The van der Waals surface area contributed by atoms with Gasteiger partial charge in [-0.2, -0.15) is 0 Å². The lowest BCUT2D eigenvalue weighted by molar-refractivity contribution is 0.0989.